The van der Waals surface area contributed by atoms with Crippen molar-refractivity contribution in [3.05, 3.63) is 66.6 Å². The van der Waals surface area contributed by atoms with E-state index in [0.29, 0.717) is 24.5 Å². The minimum Gasteiger partial charge on any atom is -0.333 e. The summed E-state index contributed by atoms with van der Waals surface area (Å²) in [5, 5.41) is 5.75. The van der Waals surface area contributed by atoms with E-state index in [-0.39, 0.29) is 30.2 Å². The van der Waals surface area contributed by atoms with Gasteiger partial charge in [0.2, 0.25) is 11.9 Å². The zero-order valence-corrected chi connectivity index (χ0v) is 20.9. The van der Waals surface area contributed by atoms with Crippen LogP contribution >= 0.6 is 0 Å². The van der Waals surface area contributed by atoms with Gasteiger partial charge in [0.25, 0.3) is 0 Å². The molecule has 2 aromatic carbocycles. The van der Waals surface area contributed by atoms with Crippen LogP contribution in [-0.2, 0) is 4.79 Å². The summed E-state index contributed by atoms with van der Waals surface area (Å²) in [5.41, 5.74) is 1.74. The normalized spacial score (nSPS) is 11.4. The number of likely N-dealkylation sites (N-methyl/N-ethyl adjacent to an activating group) is 1. The number of carbonyl (C=O) groups excluding carboxylic acids is 2. The Labute approximate surface area is 205 Å². The number of halogens is 1. The van der Waals surface area contributed by atoms with Crippen molar-refractivity contribution in [3.63, 3.8) is 0 Å². The van der Waals surface area contributed by atoms with E-state index in [4.69, 9.17) is 0 Å². The molecular weight excluding hydrogens is 447 g/mol. The van der Waals surface area contributed by atoms with E-state index in [9.17, 15) is 14.0 Å². The Bertz CT molecular complexity index is 1140. The number of anilines is 1. The van der Waals surface area contributed by atoms with E-state index in [2.05, 4.69) is 15.6 Å². The molecule has 2 N–H and O–H groups in total. The summed E-state index contributed by atoms with van der Waals surface area (Å²) in [4.78, 5) is 33.9. The molecule has 8 nitrogen and oxygen atoms in total. The maximum Gasteiger partial charge on any atom is 0.318 e. The average Bonchev–Trinajstić information content (AvgIpc) is 3.20. The van der Waals surface area contributed by atoms with Gasteiger partial charge in [-0.15, -0.1) is 0 Å². The number of nitrogens with zero attached hydrogens (tertiary/aromatic N) is 4. The molecule has 0 saturated carbocycles. The van der Waals surface area contributed by atoms with Crippen molar-refractivity contribution in [1.29, 1.82) is 0 Å². The molecule has 3 aromatic rings. The van der Waals surface area contributed by atoms with Gasteiger partial charge in [-0.05, 0) is 59.1 Å². The molecule has 35 heavy (non-hydrogen) atoms. The number of urea groups is 1. The average molecular weight is 481 g/mol. The number of aromatic nitrogens is 2. The van der Waals surface area contributed by atoms with Gasteiger partial charge in [-0.25, -0.2) is 14.2 Å². The summed E-state index contributed by atoms with van der Waals surface area (Å²) >= 11 is 0. The third-order valence-electron chi connectivity index (χ3n) is 5.05. The Hall–Kier alpha value is -3.72. The van der Waals surface area contributed by atoms with Gasteiger partial charge in [-0.1, -0.05) is 30.3 Å². The quantitative estimate of drug-likeness (QED) is 0.511. The maximum atomic E-state index is 13.5. The first-order valence-electron chi connectivity index (χ1n) is 11.4. The monoisotopic (exact) mass is 480 g/mol. The lowest BCUT2D eigenvalue weighted by molar-refractivity contribution is -0.116. The Morgan fingerprint density at radius 1 is 1.00 bits per heavy atom. The second-order valence-electron chi connectivity index (χ2n) is 9.62. The second kappa shape index (κ2) is 11.1. The summed E-state index contributed by atoms with van der Waals surface area (Å²) in [5.74, 6) is -0.463. The fraction of sp³-hybridized carbons (Fsp3) is 0.346. The highest BCUT2D eigenvalue weighted by atomic mass is 19.1. The molecule has 0 aliphatic rings. The summed E-state index contributed by atoms with van der Waals surface area (Å²) in [6, 6.07) is 15.2. The molecule has 0 spiro atoms. The summed E-state index contributed by atoms with van der Waals surface area (Å²) in [6.45, 7) is 6.50. The van der Waals surface area contributed by atoms with Crippen LogP contribution < -0.4 is 10.6 Å². The molecule has 0 bridgehead atoms. The first kappa shape index (κ1) is 25.9. The van der Waals surface area contributed by atoms with Crippen LogP contribution in [0.5, 0.6) is 0 Å². The number of rotatable bonds is 8. The maximum absolute atomic E-state index is 13.5. The minimum absolute atomic E-state index is 0.146. The van der Waals surface area contributed by atoms with Crippen LogP contribution in [0.2, 0.25) is 0 Å². The van der Waals surface area contributed by atoms with E-state index in [0.717, 1.165) is 5.56 Å². The highest BCUT2D eigenvalue weighted by Gasteiger charge is 2.23. The Morgan fingerprint density at radius 2 is 1.66 bits per heavy atom. The van der Waals surface area contributed by atoms with Crippen LogP contribution in [0.25, 0.3) is 16.9 Å². The molecule has 0 atom stereocenters. The van der Waals surface area contributed by atoms with Crippen LogP contribution in [0.1, 0.15) is 20.8 Å². The van der Waals surface area contributed by atoms with Crippen LogP contribution in [-0.4, -0.2) is 70.6 Å². The zero-order valence-electron chi connectivity index (χ0n) is 20.9. The van der Waals surface area contributed by atoms with Gasteiger partial charge in [0.05, 0.1) is 5.69 Å². The molecule has 0 fully saturated rings. The number of amides is 3. The van der Waals surface area contributed by atoms with E-state index in [1.54, 1.807) is 22.9 Å². The molecular formula is C26H33FN6O2. The second-order valence-corrected chi connectivity index (χ2v) is 9.62. The Balaban J connectivity index is 1.86. The van der Waals surface area contributed by atoms with Gasteiger partial charge in [-0.2, -0.15) is 0 Å². The molecule has 0 saturated heterocycles. The van der Waals surface area contributed by atoms with Crippen molar-refractivity contribution in [1.82, 2.24) is 24.7 Å². The number of imidazole rings is 1. The van der Waals surface area contributed by atoms with Gasteiger partial charge in [0.15, 0.2) is 0 Å². The largest absolute Gasteiger partial charge is 0.333 e. The minimum atomic E-state index is -0.437. The van der Waals surface area contributed by atoms with Crippen LogP contribution in [0, 0.1) is 5.82 Å². The van der Waals surface area contributed by atoms with Crippen molar-refractivity contribution in [3.8, 4) is 16.9 Å². The lowest BCUT2D eigenvalue weighted by Crippen LogP contribution is -2.51. The SMILES string of the molecule is CN(C)CCN(CC(=O)Nc1nc(-c2ccccc2)cn1-c1ccc(F)cc1)C(=O)NC(C)(C)C. The van der Waals surface area contributed by atoms with Gasteiger partial charge in [-0.3, -0.25) is 14.7 Å². The van der Waals surface area contributed by atoms with E-state index in [1.807, 2.05) is 70.1 Å². The van der Waals surface area contributed by atoms with Gasteiger partial charge < -0.3 is 15.1 Å². The lowest BCUT2D eigenvalue weighted by Gasteiger charge is -2.29. The smallest absolute Gasteiger partial charge is 0.318 e. The summed E-state index contributed by atoms with van der Waals surface area (Å²) in [7, 11) is 3.81. The molecule has 1 aromatic heterocycles. The zero-order chi connectivity index (χ0) is 25.6. The molecule has 3 amide bonds. The molecule has 0 aliphatic heterocycles. The molecule has 1 heterocycles. The Morgan fingerprint density at radius 3 is 2.26 bits per heavy atom. The topological polar surface area (TPSA) is 82.5 Å². The van der Waals surface area contributed by atoms with Gasteiger partial charge >= 0.3 is 6.03 Å². The van der Waals surface area contributed by atoms with Gasteiger partial charge in [0.1, 0.15) is 12.4 Å². The fourth-order valence-electron chi connectivity index (χ4n) is 3.33. The summed E-state index contributed by atoms with van der Waals surface area (Å²) < 4.78 is 15.2. The standard InChI is InChI=1S/C26H33FN6O2/c1-26(2,3)30-25(35)32(16-15-31(4)5)18-23(34)29-24-28-22(19-9-7-6-8-10-19)17-33(24)21-13-11-20(27)12-14-21/h6-14,17H,15-16,18H2,1-5H3,(H,30,35)(H,28,29,34). The first-order valence-corrected chi connectivity index (χ1v) is 11.4. The Kier molecular flexibility index (Phi) is 8.24. The van der Waals surface area contributed by atoms with Crippen molar-refractivity contribution in [2.45, 2.75) is 26.3 Å². The first-order chi connectivity index (χ1) is 16.5. The van der Waals surface area contributed by atoms with E-state index in [1.165, 1.54) is 17.0 Å². The number of carbonyl (C=O) groups is 2. The van der Waals surface area contributed by atoms with Crippen LogP contribution in [0.15, 0.2) is 60.8 Å². The van der Waals surface area contributed by atoms with Crippen LogP contribution in [0.3, 0.4) is 0 Å². The number of nitrogens with one attached hydrogen (secondary N) is 2. The molecule has 186 valence electrons. The highest BCUT2D eigenvalue weighted by molar-refractivity contribution is 5.93. The van der Waals surface area contributed by atoms with Gasteiger partial charge in [0, 0.05) is 36.1 Å². The number of hydrogen-bond donors (Lipinski definition) is 2. The molecule has 0 radical (unpaired) electrons. The van der Waals surface area contributed by atoms with Crippen molar-refractivity contribution < 1.29 is 14.0 Å². The van der Waals surface area contributed by atoms with Crippen LogP contribution in [0.4, 0.5) is 15.1 Å². The van der Waals surface area contributed by atoms with Crippen molar-refractivity contribution in [2.24, 2.45) is 0 Å². The third kappa shape index (κ3) is 7.65. The molecule has 9 heteroatoms. The summed E-state index contributed by atoms with van der Waals surface area (Å²) in [6.07, 6.45) is 1.79. The fourth-order valence-corrected chi connectivity index (χ4v) is 3.33. The predicted molar refractivity (Wildman–Crippen MR) is 136 cm³/mol. The van der Waals surface area contributed by atoms with Crippen molar-refractivity contribution in [2.75, 3.05) is 39.0 Å². The predicted octanol–water partition coefficient (Wildman–Crippen LogP) is 3.99. The number of benzene rings is 2. The highest BCUT2D eigenvalue weighted by Crippen LogP contribution is 2.24. The molecule has 0 unspecified atom stereocenters. The molecule has 3 rings (SSSR count). The van der Waals surface area contributed by atoms with E-state index >= 15 is 0 Å². The number of hydrogen-bond acceptors (Lipinski definition) is 4. The van der Waals surface area contributed by atoms with E-state index < -0.39 is 5.54 Å². The lowest BCUT2D eigenvalue weighted by atomic mass is 10.1. The van der Waals surface area contributed by atoms with Crippen molar-refractivity contribution >= 4 is 17.9 Å². The molecule has 0 aliphatic carbocycles. The third-order valence-corrected chi connectivity index (χ3v) is 5.05.